The maximum Gasteiger partial charge on any atom is 0.262 e. The van der Waals surface area contributed by atoms with Crippen LogP contribution in [-0.4, -0.2) is 29.6 Å². The lowest BCUT2D eigenvalue weighted by molar-refractivity contribution is -0.118. The van der Waals surface area contributed by atoms with Crippen molar-refractivity contribution in [1.29, 1.82) is 0 Å². The Labute approximate surface area is 225 Å². The van der Waals surface area contributed by atoms with Crippen molar-refractivity contribution in [2.45, 2.75) is 46.5 Å². The second-order valence-electron chi connectivity index (χ2n) is 9.70. The largest absolute Gasteiger partial charge is 0.493 e. The number of aromatic nitrogens is 2. The van der Waals surface area contributed by atoms with Crippen LogP contribution in [0.15, 0.2) is 35.1 Å². The molecule has 196 valence electrons. The van der Waals surface area contributed by atoms with Crippen LogP contribution in [0.1, 0.15) is 51.4 Å². The Kier molecular flexibility index (Phi) is 7.33. The standard InChI is InChI=1S/C30H31N3O4S/c1-17-13-18(2)28(19(3)14-17)33-26(34)16-37-22-11-9-20(15-23(22)36-4)10-12-25-31-29(35)27-21-7-5-6-8-24(21)38-30(27)32-25/h9-15H,5-8,16H2,1-4H3,(H,33,34)(H,31,32,35)/b12-10+. The normalized spacial score (nSPS) is 13.1. The van der Waals surface area contributed by atoms with E-state index in [-0.39, 0.29) is 18.1 Å². The Bertz CT molecular complexity index is 1590. The van der Waals surface area contributed by atoms with E-state index in [1.54, 1.807) is 30.6 Å². The van der Waals surface area contributed by atoms with E-state index in [1.807, 2.05) is 51.1 Å². The molecule has 2 aromatic heterocycles. The van der Waals surface area contributed by atoms with Gasteiger partial charge in [-0.1, -0.05) is 29.8 Å². The Morgan fingerprint density at radius 2 is 1.84 bits per heavy atom. The van der Waals surface area contributed by atoms with Crippen LogP contribution in [-0.2, 0) is 17.6 Å². The zero-order chi connectivity index (χ0) is 26.8. The van der Waals surface area contributed by atoms with Crippen molar-refractivity contribution in [2.24, 2.45) is 0 Å². The number of nitrogens with zero attached hydrogens (tertiary/aromatic N) is 1. The van der Waals surface area contributed by atoms with Gasteiger partial charge in [-0.3, -0.25) is 9.59 Å². The van der Waals surface area contributed by atoms with E-state index in [1.165, 1.54) is 16.9 Å². The van der Waals surface area contributed by atoms with Crippen LogP contribution < -0.4 is 20.3 Å². The average Bonchev–Trinajstić information content (AvgIpc) is 3.27. The Hall–Kier alpha value is -3.91. The first-order valence-electron chi connectivity index (χ1n) is 12.7. The van der Waals surface area contributed by atoms with E-state index >= 15 is 0 Å². The fourth-order valence-electron chi connectivity index (χ4n) is 5.04. The van der Waals surface area contributed by atoms with Crippen LogP contribution in [0, 0.1) is 20.8 Å². The highest BCUT2D eigenvalue weighted by Crippen LogP contribution is 2.34. The summed E-state index contributed by atoms with van der Waals surface area (Å²) in [6.07, 6.45) is 7.92. The molecule has 4 aromatic rings. The van der Waals surface area contributed by atoms with Crippen LogP contribution in [0.4, 0.5) is 5.69 Å². The number of benzene rings is 2. The van der Waals surface area contributed by atoms with Gasteiger partial charge in [0.25, 0.3) is 11.5 Å². The summed E-state index contributed by atoms with van der Waals surface area (Å²) < 4.78 is 11.3. The van der Waals surface area contributed by atoms with Gasteiger partial charge in [0.2, 0.25) is 0 Å². The lowest BCUT2D eigenvalue weighted by atomic mass is 9.97. The number of fused-ring (bicyclic) bond motifs is 3. The first kappa shape index (κ1) is 25.7. The second kappa shape index (κ2) is 10.8. The predicted octanol–water partition coefficient (Wildman–Crippen LogP) is 5.99. The molecule has 2 heterocycles. The number of nitrogens with one attached hydrogen (secondary N) is 2. The second-order valence-corrected chi connectivity index (χ2v) is 10.8. The molecule has 0 aliphatic heterocycles. The molecule has 8 heteroatoms. The molecule has 1 aliphatic rings. The Morgan fingerprint density at radius 3 is 2.61 bits per heavy atom. The number of hydrogen-bond donors (Lipinski definition) is 2. The first-order valence-corrected chi connectivity index (χ1v) is 13.5. The molecule has 0 fully saturated rings. The number of carbonyl (C=O) groups excluding carboxylic acids is 1. The zero-order valence-corrected chi connectivity index (χ0v) is 22.9. The lowest BCUT2D eigenvalue weighted by Gasteiger charge is -2.14. The minimum Gasteiger partial charge on any atom is -0.493 e. The number of methoxy groups -OCH3 is 1. The molecule has 0 atom stereocenters. The molecule has 7 nitrogen and oxygen atoms in total. The molecule has 0 bridgehead atoms. The number of aryl methyl sites for hydroxylation is 5. The molecule has 1 amide bonds. The maximum atomic E-state index is 12.8. The number of thiophene rings is 1. The summed E-state index contributed by atoms with van der Waals surface area (Å²) in [5, 5.41) is 3.70. The fraction of sp³-hybridized carbons (Fsp3) is 0.300. The van der Waals surface area contributed by atoms with Gasteiger partial charge in [-0.2, -0.15) is 0 Å². The number of H-pyrrole nitrogens is 1. The third kappa shape index (κ3) is 5.36. The van der Waals surface area contributed by atoms with Gasteiger partial charge in [0, 0.05) is 10.6 Å². The maximum absolute atomic E-state index is 12.8. The Morgan fingerprint density at radius 1 is 1.08 bits per heavy atom. The highest BCUT2D eigenvalue weighted by molar-refractivity contribution is 7.18. The number of amides is 1. The van der Waals surface area contributed by atoms with Crippen molar-refractivity contribution >= 4 is 45.3 Å². The van der Waals surface area contributed by atoms with Gasteiger partial charge in [-0.05, 0) is 86.9 Å². The SMILES string of the molecule is COc1cc(/C=C/c2nc3sc4c(c3c(=O)[nH]2)CCCC4)ccc1OCC(=O)Nc1c(C)cc(C)cc1C. The number of aromatic amines is 1. The van der Waals surface area contributed by atoms with Gasteiger partial charge in [0.15, 0.2) is 18.1 Å². The van der Waals surface area contributed by atoms with Crippen molar-refractivity contribution in [3.63, 3.8) is 0 Å². The van der Waals surface area contributed by atoms with Crippen LogP contribution in [0.5, 0.6) is 11.5 Å². The molecule has 5 rings (SSSR count). The lowest BCUT2D eigenvalue weighted by Crippen LogP contribution is -2.21. The van der Waals surface area contributed by atoms with E-state index in [0.29, 0.717) is 17.3 Å². The van der Waals surface area contributed by atoms with Crippen LogP contribution in [0.25, 0.3) is 22.4 Å². The van der Waals surface area contributed by atoms with Crippen molar-refractivity contribution in [3.05, 3.63) is 79.2 Å². The van der Waals surface area contributed by atoms with E-state index in [0.717, 1.165) is 57.4 Å². The van der Waals surface area contributed by atoms with E-state index in [9.17, 15) is 9.59 Å². The predicted molar refractivity (Wildman–Crippen MR) is 154 cm³/mol. The minimum absolute atomic E-state index is 0.0790. The number of rotatable bonds is 7. The molecular weight excluding hydrogens is 498 g/mol. The molecule has 0 saturated carbocycles. The number of hydrogen-bond acceptors (Lipinski definition) is 6. The van der Waals surface area contributed by atoms with E-state index < -0.39 is 0 Å². The molecule has 2 aromatic carbocycles. The number of carbonyl (C=O) groups is 1. The molecule has 1 aliphatic carbocycles. The molecule has 2 N–H and O–H groups in total. The topological polar surface area (TPSA) is 93.3 Å². The average molecular weight is 530 g/mol. The summed E-state index contributed by atoms with van der Waals surface area (Å²) in [4.78, 5) is 35.1. The summed E-state index contributed by atoms with van der Waals surface area (Å²) >= 11 is 1.63. The van der Waals surface area contributed by atoms with Gasteiger partial charge >= 0.3 is 0 Å². The van der Waals surface area contributed by atoms with Crippen molar-refractivity contribution < 1.29 is 14.3 Å². The zero-order valence-electron chi connectivity index (χ0n) is 22.1. The first-order chi connectivity index (χ1) is 18.3. The summed E-state index contributed by atoms with van der Waals surface area (Å²) in [6, 6.07) is 9.52. The summed E-state index contributed by atoms with van der Waals surface area (Å²) in [6.45, 7) is 5.84. The van der Waals surface area contributed by atoms with Gasteiger partial charge < -0.3 is 19.8 Å². The van der Waals surface area contributed by atoms with Crippen LogP contribution in [0.2, 0.25) is 0 Å². The van der Waals surface area contributed by atoms with Gasteiger partial charge in [0.1, 0.15) is 10.7 Å². The molecule has 0 radical (unpaired) electrons. The van der Waals surface area contributed by atoms with Crippen molar-refractivity contribution in [3.8, 4) is 11.5 Å². The van der Waals surface area contributed by atoms with Gasteiger partial charge in [-0.25, -0.2) is 4.98 Å². The third-order valence-electron chi connectivity index (χ3n) is 6.76. The third-order valence-corrected chi connectivity index (χ3v) is 7.95. The summed E-state index contributed by atoms with van der Waals surface area (Å²) in [7, 11) is 1.56. The van der Waals surface area contributed by atoms with E-state index in [4.69, 9.17) is 14.5 Å². The molecular formula is C30H31N3O4S. The highest BCUT2D eigenvalue weighted by atomic mass is 32.1. The van der Waals surface area contributed by atoms with Gasteiger partial charge in [0.05, 0.1) is 12.5 Å². The van der Waals surface area contributed by atoms with Crippen LogP contribution >= 0.6 is 11.3 Å². The number of ether oxygens (including phenoxy) is 2. The van der Waals surface area contributed by atoms with Crippen molar-refractivity contribution in [2.75, 3.05) is 19.0 Å². The van der Waals surface area contributed by atoms with Gasteiger partial charge in [-0.15, -0.1) is 11.3 Å². The van der Waals surface area contributed by atoms with Crippen LogP contribution in [0.3, 0.4) is 0 Å². The molecule has 0 unspecified atom stereocenters. The summed E-state index contributed by atoms with van der Waals surface area (Å²) in [5.74, 6) is 1.24. The summed E-state index contributed by atoms with van der Waals surface area (Å²) in [5.41, 5.74) is 5.93. The Balaban J connectivity index is 1.28. The molecule has 38 heavy (non-hydrogen) atoms. The fourth-order valence-corrected chi connectivity index (χ4v) is 6.31. The highest BCUT2D eigenvalue weighted by Gasteiger charge is 2.19. The molecule has 0 spiro atoms. The van der Waals surface area contributed by atoms with Crippen molar-refractivity contribution in [1.82, 2.24) is 9.97 Å². The monoisotopic (exact) mass is 529 g/mol. The quantitative estimate of drug-likeness (QED) is 0.307. The number of anilines is 1. The molecule has 0 saturated heterocycles. The minimum atomic E-state index is -0.244. The van der Waals surface area contributed by atoms with E-state index in [2.05, 4.69) is 10.3 Å². The smallest absolute Gasteiger partial charge is 0.262 e.